The molecule has 0 bridgehead atoms. The standard InChI is InChI=1S/C25H28Cl3N5/c1-23(2)14-19(15-24(3,4)33-23)29-22-31-20(30-21(32-22)25(26,27)28)18-12-10-17(11-13-18)16-8-6-5-7-9-16/h5-13,19,33H,14-15H2,1-4H3,(H,29,30,31,32). The second kappa shape index (κ2) is 9.03. The van der Waals surface area contributed by atoms with Crippen molar-refractivity contribution < 1.29 is 0 Å². The van der Waals surface area contributed by atoms with Gasteiger partial charge in [-0.25, -0.2) is 4.98 Å². The van der Waals surface area contributed by atoms with E-state index in [1.807, 2.05) is 42.5 Å². The number of nitrogens with one attached hydrogen (secondary N) is 2. The highest BCUT2D eigenvalue weighted by Crippen LogP contribution is 2.37. The van der Waals surface area contributed by atoms with Crippen LogP contribution in [0.25, 0.3) is 22.5 Å². The van der Waals surface area contributed by atoms with Gasteiger partial charge in [-0.2, -0.15) is 9.97 Å². The zero-order chi connectivity index (χ0) is 23.9. The molecule has 1 saturated heterocycles. The fourth-order valence-corrected chi connectivity index (χ4v) is 5.00. The van der Waals surface area contributed by atoms with Gasteiger partial charge in [-0.1, -0.05) is 89.4 Å². The molecule has 0 spiro atoms. The summed E-state index contributed by atoms with van der Waals surface area (Å²) < 4.78 is -1.76. The van der Waals surface area contributed by atoms with E-state index >= 15 is 0 Å². The predicted molar refractivity (Wildman–Crippen MR) is 138 cm³/mol. The van der Waals surface area contributed by atoms with E-state index in [0.717, 1.165) is 29.5 Å². The molecular formula is C25H28Cl3N5. The molecule has 0 radical (unpaired) electrons. The number of alkyl halides is 3. The SMILES string of the molecule is CC1(C)CC(Nc2nc(-c3ccc(-c4ccccc4)cc3)nc(C(Cl)(Cl)Cl)n2)CC(C)(C)N1. The Morgan fingerprint density at radius 1 is 0.788 bits per heavy atom. The van der Waals surface area contributed by atoms with Gasteiger partial charge in [0.25, 0.3) is 0 Å². The lowest BCUT2D eigenvalue weighted by Gasteiger charge is -2.46. The van der Waals surface area contributed by atoms with E-state index in [1.54, 1.807) is 0 Å². The first-order valence-corrected chi connectivity index (χ1v) is 12.1. The Kier molecular flexibility index (Phi) is 6.62. The van der Waals surface area contributed by atoms with Crippen molar-refractivity contribution in [2.75, 3.05) is 5.32 Å². The molecule has 5 nitrogen and oxygen atoms in total. The summed E-state index contributed by atoms with van der Waals surface area (Å²) in [6.45, 7) is 8.79. The molecular weight excluding hydrogens is 477 g/mol. The number of halogens is 3. The Bertz CT molecular complexity index is 1090. The van der Waals surface area contributed by atoms with Gasteiger partial charge in [0.05, 0.1) is 0 Å². The highest BCUT2D eigenvalue weighted by atomic mass is 35.6. The summed E-state index contributed by atoms with van der Waals surface area (Å²) in [6, 6.07) is 18.4. The number of rotatable bonds is 4. The van der Waals surface area contributed by atoms with Crippen molar-refractivity contribution in [2.24, 2.45) is 0 Å². The van der Waals surface area contributed by atoms with Crippen molar-refractivity contribution >= 4 is 40.8 Å². The van der Waals surface area contributed by atoms with Crippen molar-refractivity contribution in [3.8, 4) is 22.5 Å². The number of benzene rings is 2. The maximum absolute atomic E-state index is 6.17. The van der Waals surface area contributed by atoms with E-state index in [9.17, 15) is 0 Å². The summed E-state index contributed by atoms with van der Waals surface area (Å²) in [5.74, 6) is 0.965. The van der Waals surface area contributed by atoms with Crippen LogP contribution in [0.15, 0.2) is 54.6 Å². The first kappa shape index (κ1) is 24.2. The smallest absolute Gasteiger partial charge is 0.250 e. The van der Waals surface area contributed by atoms with Crippen molar-refractivity contribution in [1.29, 1.82) is 0 Å². The number of nitrogens with zero attached hydrogens (tertiary/aromatic N) is 3. The van der Waals surface area contributed by atoms with E-state index in [-0.39, 0.29) is 22.9 Å². The molecule has 2 heterocycles. The van der Waals surface area contributed by atoms with Crippen LogP contribution in [-0.4, -0.2) is 32.1 Å². The Morgan fingerprint density at radius 3 is 1.91 bits per heavy atom. The molecule has 0 unspecified atom stereocenters. The van der Waals surface area contributed by atoms with Crippen LogP contribution in [0.1, 0.15) is 46.4 Å². The maximum atomic E-state index is 6.17. The Labute approximate surface area is 210 Å². The molecule has 1 fully saturated rings. The quantitative estimate of drug-likeness (QED) is 0.385. The normalized spacial score (nSPS) is 18.2. The Balaban J connectivity index is 1.66. The molecule has 8 heteroatoms. The van der Waals surface area contributed by atoms with Gasteiger partial charge in [0.1, 0.15) is 0 Å². The number of aromatic nitrogens is 3. The molecule has 1 aliphatic heterocycles. The molecule has 2 N–H and O–H groups in total. The largest absolute Gasteiger partial charge is 0.351 e. The highest BCUT2D eigenvalue weighted by molar-refractivity contribution is 6.66. The van der Waals surface area contributed by atoms with Gasteiger partial charge in [-0.05, 0) is 51.7 Å². The predicted octanol–water partition coefficient (Wildman–Crippen LogP) is 6.75. The van der Waals surface area contributed by atoms with Gasteiger partial charge >= 0.3 is 0 Å². The molecule has 4 rings (SSSR count). The lowest BCUT2D eigenvalue weighted by atomic mass is 9.80. The molecule has 0 amide bonds. The van der Waals surface area contributed by atoms with Crippen molar-refractivity contribution in [2.45, 2.75) is 61.4 Å². The molecule has 33 heavy (non-hydrogen) atoms. The average Bonchev–Trinajstić information content (AvgIpc) is 2.71. The molecule has 2 aromatic carbocycles. The molecule has 1 aromatic heterocycles. The zero-order valence-electron chi connectivity index (χ0n) is 19.2. The summed E-state index contributed by atoms with van der Waals surface area (Å²) in [5, 5.41) is 7.16. The second-order valence-corrected chi connectivity index (χ2v) is 12.2. The molecule has 3 aromatic rings. The van der Waals surface area contributed by atoms with Crippen LogP contribution in [0, 0.1) is 0 Å². The minimum Gasteiger partial charge on any atom is -0.351 e. The molecule has 0 aliphatic carbocycles. The zero-order valence-corrected chi connectivity index (χ0v) is 21.4. The average molecular weight is 505 g/mol. The van der Waals surface area contributed by atoms with Gasteiger partial charge in [-0.15, -0.1) is 0 Å². The van der Waals surface area contributed by atoms with Crippen molar-refractivity contribution in [1.82, 2.24) is 20.3 Å². The summed E-state index contributed by atoms with van der Waals surface area (Å²) >= 11 is 18.5. The highest BCUT2D eigenvalue weighted by Gasteiger charge is 2.38. The third-order valence-corrected chi connectivity index (χ3v) is 6.17. The summed E-state index contributed by atoms with van der Waals surface area (Å²) in [5.41, 5.74) is 3.01. The van der Waals surface area contributed by atoms with Crippen LogP contribution in [0.2, 0.25) is 0 Å². The van der Waals surface area contributed by atoms with Crippen LogP contribution < -0.4 is 10.6 Å². The van der Waals surface area contributed by atoms with Gasteiger partial charge in [0.2, 0.25) is 9.74 Å². The minimum atomic E-state index is -1.76. The number of hydrogen-bond acceptors (Lipinski definition) is 5. The number of hydrogen-bond donors (Lipinski definition) is 2. The second-order valence-electron chi connectivity index (χ2n) is 9.89. The van der Waals surface area contributed by atoms with Gasteiger partial charge in [0, 0.05) is 22.7 Å². The third-order valence-electron chi connectivity index (χ3n) is 5.66. The topological polar surface area (TPSA) is 62.7 Å². The van der Waals surface area contributed by atoms with E-state index in [0.29, 0.717) is 11.8 Å². The van der Waals surface area contributed by atoms with Gasteiger partial charge in [0.15, 0.2) is 11.6 Å². The van der Waals surface area contributed by atoms with Gasteiger partial charge in [-0.3, -0.25) is 0 Å². The Hall–Kier alpha value is -1.92. The first-order valence-electron chi connectivity index (χ1n) is 11.0. The summed E-state index contributed by atoms with van der Waals surface area (Å²) in [7, 11) is 0. The van der Waals surface area contributed by atoms with Crippen molar-refractivity contribution in [3.05, 3.63) is 60.4 Å². The minimum absolute atomic E-state index is 0.0272. The van der Waals surface area contributed by atoms with Crippen LogP contribution in [0.5, 0.6) is 0 Å². The van der Waals surface area contributed by atoms with Crippen LogP contribution >= 0.6 is 34.8 Å². The molecule has 0 saturated carbocycles. The van der Waals surface area contributed by atoms with E-state index < -0.39 is 3.79 Å². The summed E-state index contributed by atoms with van der Waals surface area (Å²) in [6.07, 6.45) is 1.82. The fourth-order valence-electron chi connectivity index (χ4n) is 4.75. The van der Waals surface area contributed by atoms with E-state index in [1.165, 1.54) is 0 Å². The van der Waals surface area contributed by atoms with E-state index in [2.05, 4.69) is 65.4 Å². The van der Waals surface area contributed by atoms with Crippen LogP contribution in [0.3, 0.4) is 0 Å². The van der Waals surface area contributed by atoms with Crippen molar-refractivity contribution in [3.63, 3.8) is 0 Å². The third kappa shape index (κ3) is 6.15. The molecule has 174 valence electrons. The lowest BCUT2D eigenvalue weighted by Crippen LogP contribution is -2.60. The lowest BCUT2D eigenvalue weighted by molar-refractivity contribution is 0.170. The van der Waals surface area contributed by atoms with E-state index in [4.69, 9.17) is 34.8 Å². The fraction of sp³-hybridized carbons (Fsp3) is 0.400. The molecule has 1 aliphatic rings. The number of anilines is 1. The number of piperidine rings is 1. The van der Waals surface area contributed by atoms with Crippen LogP contribution in [-0.2, 0) is 3.79 Å². The first-order chi connectivity index (χ1) is 15.4. The van der Waals surface area contributed by atoms with Crippen LogP contribution in [0.4, 0.5) is 5.95 Å². The Morgan fingerprint density at radius 2 is 1.33 bits per heavy atom. The molecule has 0 atom stereocenters. The summed E-state index contributed by atoms with van der Waals surface area (Å²) in [4.78, 5) is 13.6. The maximum Gasteiger partial charge on any atom is 0.250 e. The van der Waals surface area contributed by atoms with Gasteiger partial charge < -0.3 is 10.6 Å². The monoisotopic (exact) mass is 503 g/mol.